The van der Waals surface area contributed by atoms with E-state index in [1.165, 1.54) is 0 Å². The van der Waals surface area contributed by atoms with Gasteiger partial charge in [-0.2, -0.15) is 5.26 Å². The van der Waals surface area contributed by atoms with Crippen LogP contribution >= 0.6 is 0 Å². The highest BCUT2D eigenvalue weighted by molar-refractivity contribution is 5.73. The second-order valence-corrected chi connectivity index (χ2v) is 3.31. The minimum atomic E-state index is -0.101. The Morgan fingerprint density at radius 2 is 2.29 bits per heavy atom. The lowest BCUT2D eigenvalue weighted by Crippen LogP contribution is -1.88. The lowest BCUT2D eigenvalue weighted by molar-refractivity contribution is 0.561. The summed E-state index contributed by atoms with van der Waals surface area (Å²) in [4.78, 5) is 4.21. The van der Waals surface area contributed by atoms with Crippen molar-refractivity contribution in [1.29, 1.82) is 5.26 Å². The molecule has 0 bridgehead atoms. The molecule has 2 rings (SSSR count). The maximum absolute atomic E-state index is 8.77. The minimum absolute atomic E-state index is 0.101. The van der Waals surface area contributed by atoms with Gasteiger partial charge in [0.1, 0.15) is 5.52 Å². The Kier molecular flexibility index (Phi) is 1.97. The Morgan fingerprint density at radius 3 is 3.00 bits per heavy atom. The molecule has 1 heterocycles. The highest BCUT2D eigenvalue weighted by Gasteiger charge is 2.07. The van der Waals surface area contributed by atoms with Crippen LogP contribution in [0.15, 0.2) is 22.6 Å². The van der Waals surface area contributed by atoms with Gasteiger partial charge < -0.3 is 4.42 Å². The standard InChI is InChI=1S/C11H10N2O/c1-7(6-12)9-3-4-11-10(5-9)13-8(2)14-11/h3-5,7H,1-2H3. The van der Waals surface area contributed by atoms with E-state index in [2.05, 4.69) is 11.1 Å². The molecule has 0 radical (unpaired) electrons. The maximum Gasteiger partial charge on any atom is 0.192 e. The third kappa shape index (κ3) is 1.35. The van der Waals surface area contributed by atoms with Crippen molar-refractivity contribution >= 4 is 11.1 Å². The molecule has 0 aliphatic heterocycles. The number of hydrogen-bond donors (Lipinski definition) is 0. The summed E-state index contributed by atoms with van der Waals surface area (Å²) in [6.45, 7) is 3.68. The Bertz CT molecular complexity index is 507. The van der Waals surface area contributed by atoms with Gasteiger partial charge in [-0.25, -0.2) is 4.98 Å². The van der Waals surface area contributed by atoms with Gasteiger partial charge in [-0.3, -0.25) is 0 Å². The smallest absolute Gasteiger partial charge is 0.192 e. The summed E-state index contributed by atoms with van der Waals surface area (Å²) in [7, 11) is 0. The van der Waals surface area contributed by atoms with E-state index in [4.69, 9.17) is 9.68 Å². The van der Waals surface area contributed by atoms with E-state index < -0.39 is 0 Å². The summed E-state index contributed by atoms with van der Waals surface area (Å²) >= 11 is 0. The average Bonchev–Trinajstić information content (AvgIpc) is 2.55. The summed E-state index contributed by atoms with van der Waals surface area (Å²) in [5.74, 6) is 0.554. The molecule has 1 aromatic heterocycles. The molecule has 2 aromatic rings. The number of fused-ring (bicyclic) bond motifs is 1. The zero-order valence-electron chi connectivity index (χ0n) is 8.11. The molecule has 0 N–H and O–H groups in total. The number of hydrogen-bond acceptors (Lipinski definition) is 3. The second-order valence-electron chi connectivity index (χ2n) is 3.31. The van der Waals surface area contributed by atoms with Gasteiger partial charge in [0.15, 0.2) is 11.5 Å². The summed E-state index contributed by atoms with van der Waals surface area (Å²) in [5.41, 5.74) is 2.58. The molecule has 0 saturated heterocycles. The summed E-state index contributed by atoms with van der Waals surface area (Å²) in [6, 6.07) is 7.86. The van der Waals surface area contributed by atoms with Crippen LogP contribution in [0.1, 0.15) is 24.3 Å². The molecule has 1 unspecified atom stereocenters. The fourth-order valence-electron chi connectivity index (χ4n) is 1.40. The number of nitrogens with zero attached hydrogens (tertiary/aromatic N) is 2. The van der Waals surface area contributed by atoms with Crippen LogP contribution in [0.3, 0.4) is 0 Å². The summed E-state index contributed by atoms with van der Waals surface area (Å²) in [6.07, 6.45) is 0. The van der Waals surface area contributed by atoms with E-state index in [1.54, 1.807) is 0 Å². The molecule has 14 heavy (non-hydrogen) atoms. The number of oxazole rings is 1. The molecule has 0 aliphatic carbocycles. The lowest BCUT2D eigenvalue weighted by Gasteiger charge is -2.00. The first-order chi connectivity index (χ1) is 6.70. The number of nitriles is 1. The van der Waals surface area contributed by atoms with E-state index in [1.807, 2.05) is 32.0 Å². The van der Waals surface area contributed by atoms with Gasteiger partial charge in [0, 0.05) is 6.92 Å². The monoisotopic (exact) mass is 186 g/mol. The minimum Gasteiger partial charge on any atom is -0.441 e. The van der Waals surface area contributed by atoms with Crippen molar-refractivity contribution in [2.45, 2.75) is 19.8 Å². The first-order valence-corrected chi connectivity index (χ1v) is 4.47. The topological polar surface area (TPSA) is 49.8 Å². The predicted molar refractivity (Wildman–Crippen MR) is 52.8 cm³/mol. The highest BCUT2D eigenvalue weighted by atomic mass is 16.3. The molecule has 3 heteroatoms. The molecule has 0 amide bonds. The van der Waals surface area contributed by atoms with E-state index in [0.717, 1.165) is 16.7 Å². The van der Waals surface area contributed by atoms with Crippen molar-refractivity contribution in [1.82, 2.24) is 4.98 Å². The number of aryl methyl sites for hydroxylation is 1. The van der Waals surface area contributed by atoms with E-state index in [9.17, 15) is 0 Å². The largest absolute Gasteiger partial charge is 0.441 e. The lowest BCUT2D eigenvalue weighted by atomic mass is 10.0. The fraction of sp³-hybridized carbons (Fsp3) is 0.273. The second kappa shape index (κ2) is 3.15. The Balaban J connectivity index is 2.57. The van der Waals surface area contributed by atoms with Gasteiger partial charge in [-0.15, -0.1) is 0 Å². The average molecular weight is 186 g/mol. The van der Waals surface area contributed by atoms with Crippen LogP contribution in [0.4, 0.5) is 0 Å². The van der Waals surface area contributed by atoms with Crippen LogP contribution in [0.25, 0.3) is 11.1 Å². The molecule has 0 spiro atoms. The van der Waals surface area contributed by atoms with Crippen LogP contribution in [-0.2, 0) is 0 Å². The van der Waals surface area contributed by atoms with Crippen molar-refractivity contribution in [3.05, 3.63) is 29.7 Å². The molecular formula is C11H10N2O. The molecule has 0 fully saturated rings. The van der Waals surface area contributed by atoms with Gasteiger partial charge in [-0.05, 0) is 24.6 Å². The van der Waals surface area contributed by atoms with Crippen LogP contribution in [-0.4, -0.2) is 4.98 Å². The third-order valence-corrected chi connectivity index (χ3v) is 2.21. The van der Waals surface area contributed by atoms with Crippen molar-refractivity contribution in [3.8, 4) is 6.07 Å². The zero-order chi connectivity index (χ0) is 10.1. The molecule has 0 saturated carbocycles. The molecule has 3 nitrogen and oxygen atoms in total. The van der Waals surface area contributed by atoms with Crippen LogP contribution in [0, 0.1) is 18.3 Å². The van der Waals surface area contributed by atoms with Crippen LogP contribution in [0.5, 0.6) is 0 Å². The van der Waals surface area contributed by atoms with Crippen LogP contribution < -0.4 is 0 Å². The summed E-state index contributed by atoms with van der Waals surface area (Å²) in [5, 5.41) is 8.77. The van der Waals surface area contributed by atoms with Crippen LogP contribution in [0.2, 0.25) is 0 Å². The van der Waals surface area contributed by atoms with Gasteiger partial charge in [0.25, 0.3) is 0 Å². The molecule has 70 valence electrons. The SMILES string of the molecule is Cc1nc2cc(C(C)C#N)ccc2o1. The van der Waals surface area contributed by atoms with Crippen molar-refractivity contribution in [3.63, 3.8) is 0 Å². The van der Waals surface area contributed by atoms with Gasteiger partial charge in [0.05, 0.1) is 12.0 Å². The summed E-state index contributed by atoms with van der Waals surface area (Å²) < 4.78 is 5.34. The number of rotatable bonds is 1. The van der Waals surface area contributed by atoms with E-state index >= 15 is 0 Å². The number of benzene rings is 1. The van der Waals surface area contributed by atoms with Gasteiger partial charge in [-0.1, -0.05) is 6.07 Å². The van der Waals surface area contributed by atoms with Crippen molar-refractivity contribution in [2.24, 2.45) is 0 Å². The fourth-order valence-corrected chi connectivity index (χ4v) is 1.40. The molecule has 0 aliphatic rings. The van der Waals surface area contributed by atoms with Gasteiger partial charge >= 0.3 is 0 Å². The molecule has 1 atom stereocenters. The molecular weight excluding hydrogens is 176 g/mol. The van der Waals surface area contributed by atoms with E-state index in [-0.39, 0.29) is 5.92 Å². The highest BCUT2D eigenvalue weighted by Crippen LogP contribution is 2.21. The predicted octanol–water partition coefficient (Wildman–Crippen LogP) is 2.76. The van der Waals surface area contributed by atoms with Gasteiger partial charge in [0.2, 0.25) is 0 Å². The first-order valence-electron chi connectivity index (χ1n) is 4.47. The third-order valence-electron chi connectivity index (χ3n) is 2.21. The Labute approximate surface area is 82.0 Å². The normalized spacial score (nSPS) is 12.6. The number of aromatic nitrogens is 1. The maximum atomic E-state index is 8.77. The quantitative estimate of drug-likeness (QED) is 0.688. The van der Waals surface area contributed by atoms with Crippen molar-refractivity contribution in [2.75, 3.05) is 0 Å². The first kappa shape index (κ1) is 8.76. The Morgan fingerprint density at radius 1 is 1.50 bits per heavy atom. The van der Waals surface area contributed by atoms with Crippen molar-refractivity contribution < 1.29 is 4.42 Å². The zero-order valence-corrected chi connectivity index (χ0v) is 8.11. The van der Waals surface area contributed by atoms with E-state index in [0.29, 0.717) is 5.89 Å². The Hall–Kier alpha value is -1.82. The molecule has 1 aromatic carbocycles.